The number of carbonyl (C=O) groups excluding carboxylic acids is 1. The van der Waals surface area contributed by atoms with Crippen LogP contribution >= 0.6 is 0 Å². The summed E-state index contributed by atoms with van der Waals surface area (Å²) >= 11 is -2.36. The van der Waals surface area contributed by atoms with E-state index in [1.165, 1.54) is 0 Å². The molecule has 0 aromatic carbocycles. The van der Waals surface area contributed by atoms with Crippen LogP contribution in [-0.2, 0) is 4.79 Å². The second kappa shape index (κ2) is 4.48. The van der Waals surface area contributed by atoms with Crippen molar-refractivity contribution in [1.82, 2.24) is 4.90 Å². The normalized spacial score (nSPS) is 36.3. The molecule has 16 heavy (non-hydrogen) atoms. The first-order valence-corrected chi connectivity index (χ1v) is 16.1. The summed E-state index contributed by atoms with van der Waals surface area (Å²) in [5, 5.41) is 10.8. The Labute approximate surface area is 103 Å². The zero-order valence-electron chi connectivity index (χ0n) is 11.4. The van der Waals surface area contributed by atoms with Crippen LogP contribution in [0.2, 0.25) is 14.8 Å². The molecule has 1 rings (SSSR count). The zero-order chi connectivity index (χ0) is 12.7. The summed E-state index contributed by atoms with van der Waals surface area (Å²) in [6.07, 6.45) is 1.52. The van der Waals surface area contributed by atoms with Crippen LogP contribution < -0.4 is 0 Å². The SMILES string of the molecule is CC(=O)N1C(C)C[C](O)([Sn]([CH3])([CH3])[CH3])CC1C. The van der Waals surface area contributed by atoms with E-state index in [-0.39, 0.29) is 18.0 Å². The van der Waals surface area contributed by atoms with Crippen molar-refractivity contribution in [2.24, 2.45) is 0 Å². The van der Waals surface area contributed by atoms with Crippen molar-refractivity contribution >= 4 is 24.3 Å². The molecule has 2 atom stereocenters. The maximum absolute atomic E-state index is 11.5. The van der Waals surface area contributed by atoms with E-state index >= 15 is 0 Å². The van der Waals surface area contributed by atoms with Gasteiger partial charge in [-0.05, 0) is 0 Å². The molecule has 1 saturated heterocycles. The summed E-state index contributed by atoms with van der Waals surface area (Å²) in [4.78, 5) is 20.3. The Morgan fingerprint density at radius 3 is 1.88 bits per heavy atom. The van der Waals surface area contributed by atoms with Crippen molar-refractivity contribution in [2.75, 3.05) is 0 Å². The molecule has 0 bridgehead atoms. The molecule has 1 N–H and O–H groups in total. The van der Waals surface area contributed by atoms with Gasteiger partial charge in [0.2, 0.25) is 0 Å². The van der Waals surface area contributed by atoms with Gasteiger partial charge in [0.1, 0.15) is 0 Å². The van der Waals surface area contributed by atoms with Gasteiger partial charge in [-0.15, -0.1) is 0 Å². The number of aliphatic hydroxyl groups is 1. The zero-order valence-corrected chi connectivity index (χ0v) is 14.2. The van der Waals surface area contributed by atoms with Gasteiger partial charge in [-0.3, -0.25) is 0 Å². The number of rotatable bonds is 1. The Bertz CT molecular complexity index is 273. The average Bonchev–Trinajstić information content (AvgIpc) is 1.97. The van der Waals surface area contributed by atoms with Crippen molar-refractivity contribution in [3.8, 4) is 0 Å². The van der Waals surface area contributed by atoms with Crippen molar-refractivity contribution in [1.29, 1.82) is 0 Å². The van der Waals surface area contributed by atoms with Crippen LogP contribution in [0.1, 0.15) is 33.6 Å². The predicted molar refractivity (Wildman–Crippen MR) is 69.0 cm³/mol. The van der Waals surface area contributed by atoms with E-state index < -0.39 is 22.0 Å². The quantitative estimate of drug-likeness (QED) is 0.746. The number of hydrogen-bond acceptors (Lipinski definition) is 2. The molecule has 2 unspecified atom stereocenters. The van der Waals surface area contributed by atoms with E-state index in [2.05, 4.69) is 28.7 Å². The maximum atomic E-state index is 11.5. The van der Waals surface area contributed by atoms with Gasteiger partial charge in [-0.1, -0.05) is 0 Å². The van der Waals surface area contributed by atoms with Crippen LogP contribution in [0.25, 0.3) is 0 Å². The number of likely N-dealkylation sites (tertiary alicyclic amines) is 1. The van der Waals surface area contributed by atoms with Gasteiger partial charge in [-0.25, -0.2) is 0 Å². The molecule has 4 heteroatoms. The summed E-state index contributed by atoms with van der Waals surface area (Å²) in [7, 11) is 0. The third-order valence-electron chi connectivity index (χ3n) is 3.98. The van der Waals surface area contributed by atoms with E-state index in [0.717, 1.165) is 12.8 Å². The van der Waals surface area contributed by atoms with Gasteiger partial charge in [0.15, 0.2) is 0 Å². The van der Waals surface area contributed by atoms with E-state index in [9.17, 15) is 9.90 Å². The molecule has 0 saturated carbocycles. The van der Waals surface area contributed by atoms with E-state index in [4.69, 9.17) is 0 Å². The first kappa shape index (κ1) is 14.3. The molecule has 0 aromatic heterocycles. The van der Waals surface area contributed by atoms with Gasteiger partial charge in [0.05, 0.1) is 0 Å². The fourth-order valence-electron chi connectivity index (χ4n) is 2.92. The number of carbonyl (C=O) groups is 1. The van der Waals surface area contributed by atoms with Gasteiger partial charge in [0.25, 0.3) is 0 Å². The molecule has 1 aliphatic rings. The molecule has 1 aliphatic heterocycles. The van der Waals surface area contributed by atoms with Crippen LogP contribution in [0.15, 0.2) is 0 Å². The molecule has 1 amide bonds. The molecule has 1 fully saturated rings. The molecule has 3 nitrogen and oxygen atoms in total. The molecule has 94 valence electrons. The molecule has 0 aliphatic carbocycles. The van der Waals surface area contributed by atoms with Crippen LogP contribution in [-0.4, -0.2) is 50.0 Å². The van der Waals surface area contributed by atoms with Crippen molar-refractivity contribution in [2.45, 2.75) is 64.1 Å². The average molecular weight is 334 g/mol. The monoisotopic (exact) mass is 335 g/mol. The second-order valence-corrected chi connectivity index (χ2v) is 21.8. The van der Waals surface area contributed by atoms with Crippen LogP contribution in [0.3, 0.4) is 0 Å². The Morgan fingerprint density at radius 2 is 1.62 bits per heavy atom. The molecule has 1 heterocycles. The van der Waals surface area contributed by atoms with E-state index in [1.54, 1.807) is 6.92 Å². The van der Waals surface area contributed by atoms with Gasteiger partial charge in [-0.2, -0.15) is 0 Å². The number of amides is 1. The molecular weight excluding hydrogens is 309 g/mol. The predicted octanol–water partition coefficient (Wildman–Crippen LogP) is 2.01. The summed E-state index contributed by atoms with van der Waals surface area (Å²) in [5.41, 5.74) is 0. The number of hydrogen-bond donors (Lipinski definition) is 1. The van der Waals surface area contributed by atoms with E-state index in [1.807, 2.05) is 4.90 Å². The first-order valence-electron chi connectivity index (χ1n) is 6.10. The number of nitrogens with zero attached hydrogens (tertiary/aromatic N) is 1. The molecule has 0 radical (unpaired) electrons. The Hall–Kier alpha value is 0.229. The minimum atomic E-state index is -2.36. The summed E-state index contributed by atoms with van der Waals surface area (Å²) < 4.78 is -0.459. The summed E-state index contributed by atoms with van der Waals surface area (Å²) in [6.45, 7) is 5.73. The van der Waals surface area contributed by atoms with Crippen molar-refractivity contribution < 1.29 is 9.90 Å². The first-order chi connectivity index (χ1) is 7.08. The summed E-state index contributed by atoms with van der Waals surface area (Å²) in [5.74, 6) is 0.131. The second-order valence-electron chi connectivity index (χ2n) is 6.31. The standard InChI is InChI=1S/C9H16NO2.3CH3.Sn/c1-6-4-9(12)5-7(2)10(6)8(3)11;;;;/h6-7,12H,4-5H2,1-3H3;3*1H3;. The Morgan fingerprint density at radius 1 is 1.25 bits per heavy atom. The van der Waals surface area contributed by atoms with Crippen LogP contribution in [0.5, 0.6) is 0 Å². The molecule has 0 spiro atoms. The van der Waals surface area contributed by atoms with Gasteiger partial charge in [0, 0.05) is 0 Å². The topological polar surface area (TPSA) is 40.5 Å². The van der Waals surface area contributed by atoms with E-state index in [0.29, 0.717) is 0 Å². The van der Waals surface area contributed by atoms with Crippen molar-refractivity contribution in [3.63, 3.8) is 0 Å². The Balaban J connectivity index is 2.92. The van der Waals surface area contributed by atoms with Gasteiger partial charge < -0.3 is 0 Å². The molecule has 0 aromatic rings. The summed E-state index contributed by atoms with van der Waals surface area (Å²) in [6, 6.07) is 0.337. The van der Waals surface area contributed by atoms with Crippen LogP contribution in [0, 0.1) is 0 Å². The number of piperidine rings is 1. The Kier molecular flexibility index (Phi) is 4.00. The van der Waals surface area contributed by atoms with Crippen LogP contribution in [0.4, 0.5) is 0 Å². The van der Waals surface area contributed by atoms with Gasteiger partial charge >= 0.3 is 103 Å². The van der Waals surface area contributed by atoms with Crippen molar-refractivity contribution in [3.05, 3.63) is 0 Å². The fraction of sp³-hybridized carbons (Fsp3) is 0.917. The fourth-order valence-corrected chi connectivity index (χ4v) is 8.11. The molecular formula is C12H25NO2Sn. The third-order valence-corrected chi connectivity index (χ3v) is 13.1. The third kappa shape index (κ3) is 2.55. The minimum absolute atomic E-state index is 0.131.